The van der Waals surface area contributed by atoms with Crippen LogP contribution in [0.5, 0.6) is 5.75 Å². The molecule has 0 fully saturated rings. The van der Waals surface area contributed by atoms with Gasteiger partial charge in [0.15, 0.2) is 10.8 Å². The van der Waals surface area contributed by atoms with Gasteiger partial charge in [-0.1, -0.05) is 25.6 Å². The van der Waals surface area contributed by atoms with Gasteiger partial charge in [-0.05, 0) is 37.1 Å². The quantitative estimate of drug-likeness (QED) is 0.356. The smallest absolute Gasteiger partial charge is 0.251 e. The number of hydrogen-bond acceptors (Lipinski definition) is 7. The summed E-state index contributed by atoms with van der Waals surface area (Å²) in [6.07, 6.45) is 3.85. The van der Waals surface area contributed by atoms with Gasteiger partial charge in [0.2, 0.25) is 0 Å². The van der Waals surface area contributed by atoms with Gasteiger partial charge in [0.25, 0.3) is 5.91 Å². The maximum atomic E-state index is 12.4. The zero-order chi connectivity index (χ0) is 21.3. The molecular weight excluding hydrogens is 400 g/mol. The highest BCUT2D eigenvalue weighted by molar-refractivity contribution is 7.99. The fourth-order valence-corrected chi connectivity index (χ4v) is 3.55. The number of hydrogen-bond donors (Lipinski definition) is 2. The Morgan fingerprint density at radius 3 is 2.63 bits per heavy atom. The lowest BCUT2D eigenvalue weighted by molar-refractivity contribution is 0.0952. The van der Waals surface area contributed by atoms with Crippen LogP contribution in [0.3, 0.4) is 0 Å². The van der Waals surface area contributed by atoms with Crippen molar-refractivity contribution < 1.29 is 9.53 Å². The standard InChI is InChI=1S/C21H28N6O2S/c1-4-10-22-18-17-14-24-27(19(17)26-21(25-18)30-13-5-2)12-11-23-20(28)15-6-8-16(29-3)9-7-15/h6-9,14H,4-5,10-13H2,1-3H3,(H,23,28)(H,22,25,26). The van der Waals surface area contributed by atoms with Crippen LogP contribution in [-0.4, -0.2) is 51.6 Å². The van der Waals surface area contributed by atoms with Crippen molar-refractivity contribution in [2.45, 2.75) is 38.4 Å². The van der Waals surface area contributed by atoms with E-state index >= 15 is 0 Å². The zero-order valence-corrected chi connectivity index (χ0v) is 18.5. The van der Waals surface area contributed by atoms with E-state index in [9.17, 15) is 4.79 Å². The highest BCUT2D eigenvalue weighted by atomic mass is 32.2. The van der Waals surface area contributed by atoms with Crippen LogP contribution < -0.4 is 15.4 Å². The van der Waals surface area contributed by atoms with Crippen molar-refractivity contribution >= 4 is 34.5 Å². The number of nitrogens with zero attached hydrogens (tertiary/aromatic N) is 4. The zero-order valence-electron chi connectivity index (χ0n) is 17.6. The number of amides is 1. The molecule has 2 N–H and O–H groups in total. The van der Waals surface area contributed by atoms with E-state index in [1.54, 1.807) is 49.3 Å². The molecule has 0 saturated heterocycles. The summed E-state index contributed by atoms with van der Waals surface area (Å²) in [5.41, 5.74) is 1.37. The SMILES string of the molecule is CCCNc1nc(SCCC)nc2c1cnn2CCNC(=O)c1ccc(OC)cc1. The van der Waals surface area contributed by atoms with Crippen LogP contribution in [0.4, 0.5) is 5.82 Å². The highest BCUT2D eigenvalue weighted by Crippen LogP contribution is 2.24. The number of rotatable bonds is 11. The van der Waals surface area contributed by atoms with Crippen LogP contribution in [0.2, 0.25) is 0 Å². The van der Waals surface area contributed by atoms with E-state index in [2.05, 4.69) is 34.6 Å². The van der Waals surface area contributed by atoms with Crippen molar-refractivity contribution in [1.82, 2.24) is 25.1 Å². The predicted octanol–water partition coefficient (Wildman–Crippen LogP) is 3.59. The Hall–Kier alpha value is -2.81. The van der Waals surface area contributed by atoms with Crippen LogP contribution in [0.15, 0.2) is 35.6 Å². The predicted molar refractivity (Wildman–Crippen MR) is 120 cm³/mol. The number of nitrogens with one attached hydrogen (secondary N) is 2. The van der Waals surface area contributed by atoms with Gasteiger partial charge in [-0.25, -0.2) is 14.6 Å². The summed E-state index contributed by atoms with van der Waals surface area (Å²) >= 11 is 1.64. The summed E-state index contributed by atoms with van der Waals surface area (Å²) in [7, 11) is 1.60. The van der Waals surface area contributed by atoms with Gasteiger partial charge in [-0.15, -0.1) is 0 Å². The lowest BCUT2D eigenvalue weighted by Gasteiger charge is -2.09. The van der Waals surface area contributed by atoms with Gasteiger partial charge in [0.1, 0.15) is 11.6 Å². The minimum absolute atomic E-state index is 0.131. The summed E-state index contributed by atoms with van der Waals surface area (Å²) in [4.78, 5) is 21.7. The number of methoxy groups -OCH3 is 1. The number of carbonyl (C=O) groups is 1. The van der Waals surface area contributed by atoms with Crippen molar-refractivity contribution in [3.05, 3.63) is 36.0 Å². The molecule has 0 aliphatic carbocycles. The number of benzene rings is 1. The maximum Gasteiger partial charge on any atom is 0.251 e. The second-order valence-electron chi connectivity index (χ2n) is 6.72. The van der Waals surface area contributed by atoms with Crippen LogP contribution in [0, 0.1) is 0 Å². The summed E-state index contributed by atoms with van der Waals surface area (Å²) in [6.45, 7) is 6.06. The first kappa shape index (κ1) is 21.9. The van der Waals surface area contributed by atoms with E-state index in [-0.39, 0.29) is 5.91 Å². The lowest BCUT2D eigenvalue weighted by Crippen LogP contribution is -2.27. The third-order valence-corrected chi connectivity index (χ3v) is 5.47. The molecule has 0 bridgehead atoms. The van der Waals surface area contributed by atoms with Crippen molar-refractivity contribution in [2.24, 2.45) is 0 Å². The monoisotopic (exact) mass is 428 g/mol. The van der Waals surface area contributed by atoms with Gasteiger partial charge in [0.05, 0.1) is 25.2 Å². The molecule has 3 aromatic rings. The van der Waals surface area contributed by atoms with Crippen LogP contribution in [0.1, 0.15) is 37.0 Å². The number of aromatic nitrogens is 4. The second-order valence-corrected chi connectivity index (χ2v) is 7.78. The number of carbonyl (C=O) groups excluding carboxylic acids is 1. The minimum atomic E-state index is -0.131. The van der Waals surface area contributed by atoms with Crippen molar-refractivity contribution in [1.29, 1.82) is 0 Å². The van der Waals surface area contributed by atoms with Crippen molar-refractivity contribution in [2.75, 3.05) is 31.3 Å². The Balaban J connectivity index is 1.70. The largest absolute Gasteiger partial charge is 0.497 e. The van der Waals surface area contributed by atoms with Crippen LogP contribution in [-0.2, 0) is 6.54 Å². The Labute approximate surface area is 180 Å². The molecule has 1 amide bonds. The molecular formula is C21H28N6O2S. The number of thioether (sulfide) groups is 1. The van der Waals surface area contributed by atoms with E-state index in [0.29, 0.717) is 18.7 Å². The molecule has 160 valence electrons. The van der Waals surface area contributed by atoms with Crippen molar-refractivity contribution in [3.63, 3.8) is 0 Å². The number of fused-ring (bicyclic) bond motifs is 1. The topological polar surface area (TPSA) is 94.0 Å². The van der Waals surface area contributed by atoms with Gasteiger partial charge in [-0.3, -0.25) is 4.79 Å². The third kappa shape index (κ3) is 5.41. The van der Waals surface area contributed by atoms with E-state index < -0.39 is 0 Å². The Morgan fingerprint density at radius 1 is 1.13 bits per heavy atom. The average molecular weight is 429 g/mol. The summed E-state index contributed by atoms with van der Waals surface area (Å²) in [5, 5.41) is 12.4. The highest BCUT2D eigenvalue weighted by Gasteiger charge is 2.13. The lowest BCUT2D eigenvalue weighted by atomic mass is 10.2. The van der Waals surface area contributed by atoms with Gasteiger partial charge < -0.3 is 15.4 Å². The molecule has 2 aromatic heterocycles. The summed E-state index contributed by atoms with van der Waals surface area (Å²) in [5.74, 6) is 2.37. The summed E-state index contributed by atoms with van der Waals surface area (Å²) in [6, 6.07) is 7.03. The first-order valence-corrected chi connectivity index (χ1v) is 11.2. The summed E-state index contributed by atoms with van der Waals surface area (Å²) < 4.78 is 6.94. The molecule has 8 nitrogen and oxygen atoms in total. The average Bonchev–Trinajstić information content (AvgIpc) is 3.19. The van der Waals surface area contributed by atoms with Gasteiger partial charge in [-0.2, -0.15) is 5.10 Å². The van der Waals surface area contributed by atoms with E-state index in [1.165, 1.54) is 0 Å². The Bertz CT molecular complexity index is 974. The van der Waals surface area contributed by atoms with Gasteiger partial charge in [0, 0.05) is 24.4 Å². The molecule has 9 heteroatoms. The molecule has 1 aromatic carbocycles. The van der Waals surface area contributed by atoms with E-state index in [4.69, 9.17) is 9.72 Å². The molecule has 0 atom stereocenters. The first-order valence-electron chi connectivity index (χ1n) is 10.2. The van der Waals surface area contributed by atoms with Gasteiger partial charge >= 0.3 is 0 Å². The Morgan fingerprint density at radius 2 is 1.93 bits per heavy atom. The molecule has 0 radical (unpaired) electrons. The molecule has 2 heterocycles. The molecule has 3 rings (SSSR count). The fourth-order valence-electron chi connectivity index (χ4n) is 2.85. The maximum absolute atomic E-state index is 12.4. The molecule has 0 unspecified atom stereocenters. The molecule has 0 aliphatic rings. The second kappa shape index (κ2) is 10.8. The van der Waals surface area contributed by atoms with E-state index in [0.717, 1.165) is 52.9 Å². The fraction of sp³-hybridized carbons (Fsp3) is 0.429. The van der Waals surface area contributed by atoms with Crippen molar-refractivity contribution in [3.8, 4) is 5.75 Å². The van der Waals surface area contributed by atoms with Crippen LogP contribution >= 0.6 is 11.8 Å². The molecule has 0 saturated carbocycles. The van der Waals surface area contributed by atoms with Crippen LogP contribution in [0.25, 0.3) is 11.0 Å². The third-order valence-electron chi connectivity index (χ3n) is 4.41. The molecule has 0 aliphatic heterocycles. The normalized spacial score (nSPS) is 10.9. The molecule has 30 heavy (non-hydrogen) atoms. The number of ether oxygens (including phenoxy) is 1. The van der Waals surface area contributed by atoms with E-state index in [1.807, 2.05) is 4.68 Å². The first-order chi connectivity index (χ1) is 14.7. The Kier molecular flexibility index (Phi) is 7.89. The number of anilines is 1. The molecule has 0 spiro atoms. The minimum Gasteiger partial charge on any atom is -0.497 e.